The summed E-state index contributed by atoms with van der Waals surface area (Å²) in [6.45, 7) is 2.30. The number of nitrogens with zero attached hydrogens (tertiary/aromatic N) is 3. The Bertz CT molecular complexity index is 537. The Kier molecular flexibility index (Phi) is 2.99. The Balaban J connectivity index is 2.27. The van der Waals surface area contributed by atoms with Gasteiger partial charge >= 0.3 is 0 Å². The first-order chi connectivity index (χ1) is 8.20. The Labute approximate surface area is 97.0 Å². The number of aromatic nitrogens is 3. The molecular weight excluding hydrogens is 222 g/mol. The molecule has 7 nitrogen and oxygen atoms in total. The van der Waals surface area contributed by atoms with E-state index in [9.17, 15) is 4.79 Å². The van der Waals surface area contributed by atoms with Crippen LogP contribution in [0.3, 0.4) is 0 Å². The van der Waals surface area contributed by atoms with Gasteiger partial charge in [-0.15, -0.1) is 0 Å². The maximum atomic E-state index is 11.4. The molecule has 0 saturated carbocycles. The molecule has 2 aromatic heterocycles. The highest BCUT2D eigenvalue weighted by Gasteiger charge is 2.15. The molecule has 0 aliphatic rings. The largest absolute Gasteiger partial charge is 0.384 e. The van der Waals surface area contributed by atoms with Crippen LogP contribution in [0.1, 0.15) is 17.5 Å². The molecule has 2 rings (SSSR count). The fourth-order valence-electron chi connectivity index (χ4n) is 1.23. The van der Waals surface area contributed by atoms with Crippen LogP contribution in [-0.4, -0.2) is 27.6 Å². The van der Waals surface area contributed by atoms with E-state index in [-0.39, 0.29) is 17.6 Å². The number of hydrogen-bond donors (Lipinski definition) is 2. The molecule has 0 aromatic carbocycles. The van der Waals surface area contributed by atoms with Crippen molar-refractivity contribution in [3.05, 3.63) is 24.0 Å². The van der Waals surface area contributed by atoms with Crippen molar-refractivity contribution in [2.45, 2.75) is 6.92 Å². The first-order valence-electron chi connectivity index (χ1n) is 5.05. The molecule has 0 radical (unpaired) electrons. The molecule has 1 amide bonds. The molecule has 0 aliphatic heterocycles. The monoisotopic (exact) mass is 233 g/mol. The lowest BCUT2D eigenvalue weighted by atomic mass is 10.3. The van der Waals surface area contributed by atoms with Gasteiger partial charge < -0.3 is 15.6 Å². The fraction of sp³-hybridized carbons (Fsp3) is 0.200. The lowest BCUT2D eigenvalue weighted by Gasteiger charge is -1.95. The van der Waals surface area contributed by atoms with Gasteiger partial charge in [-0.05, 0) is 19.1 Å². The van der Waals surface area contributed by atoms with Crippen molar-refractivity contribution in [2.75, 3.05) is 12.3 Å². The number of rotatable bonds is 3. The summed E-state index contributed by atoms with van der Waals surface area (Å²) < 4.78 is 4.93. The Morgan fingerprint density at radius 2 is 2.29 bits per heavy atom. The number of nitrogen functional groups attached to an aromatic ring is 1. The highest BCUT2D eigenvalue weighted by molar-refractivity contribution is 5.90. The van der Waals surface area contributed by atoms with E-state index in [0.29, 0.717) is 18.1 Å². The lowest BCUT2D eigenvalue weighted by Crippen LogP contribution is -2.23. The van der Waals surface area contributed by atoms with Gasteiger partial charge in [0.05, 0.1) is 0 Å². The van der Waals surface area contributed by atoms with Gasteiger partial charge in [0.1, 0.15) is 11.5 Å². The van der Waals surface area contributed by atoms with Crippen molar-refractivity contribution < 1.29 is 9.32 Å². The van der Waals surface area contributed by atoms with E-state index in [0.717, 1.165) is 0 Å². The molecule has 0 saturated heterocycles. The predicted molar refractivity (Wildman–Crippen MR) is 59.9 cm³/mol. The van der Waals surface area contributed by atoms with Crippen LogP contribution in [0.2, 0.25) is 0 Å². The van der Waals surface area contributed by atoms with Crippen LogP contribution in [-0.2, 0) is 0 Å². The molecule has 0 atom stereocenters. The summed E-state index contributed by atoms with van der Waals surface area (Å²) in [6, 6.07) is 5.03. The highest BCUT2D eigenvalue weighted by Crippen LogP contribution is 2.15. The smallest absolute Gasteiger partial charge is 0.292 e. The number of amides is 1. The summed E-state index contributed by atoms with van der Waals surface area (Å²) in [7, 11) is 0. The molecule has 88 valence electrons. The zero-order valence-electron chi connectivity index (χ0n) is 9.17. The number of anilines is 1. The second-order valence-corrected chi connectivity index (χ2v) is 3.23. The number of nitrogens with one attached hydrogen (secondary N) is 1. The average Bonchev–Trinajstić information content (AvgIpc) is 2.78. The van der Waals surface area contributed by atoms with Gasteiger partial charge in [0.2, 0.25) is 0 Å². The molecule has 0 spiro atoms. The average molecular weight is 233 g/mol. The summed E-state index contributed by atoms with van der Waals surface area (Å²) in [4.78, 5) is 19.4. The Hall–Kier alpha value is -2.44. The summed E-state index contributed by atoms with van der Waals surface area (Å²) in [6.07, 6.45) is 0. The molecular formula is C10H11N5O2. The zero-order chi connectivity index (χ0) is 12.3. The summed E-state index contributed by atoms with van der Waals surface area (Å²) in [5.41, 5.74) is 5.97. The number of nitrogens with two attached hydrogens (primary N) is 1. The van der Waals surface area contributed by atoms with Gasteiger partial charge in [-0.1, -0.05) is 11.2 Å². The zero-order valence-corrected chi connectivity index (χ0v) is 9.17. The van der Waals surface area contributed by atoms with E-state index in [1.165, 1.54) is 0 Å². The predicted octanol–water partition coefficient (Wildman–Crippen LogP) is 0.463. The number of pyridine rings is 1. The molecule has 2 aromatic rings. The highest BCUT2D eigenvalue weighted by atomic mass is 16.5. The van der Waals surface area contributed by atoms with Crippen LogP contribution >= 0.6 is 0 Å². The van der Waals surface area contributed by atoms with E-state index in [2.05, 4.69) is 20.4 Å². The third kappa shape index (κ3) is 2.39. The third-order valence-corrected chi connectivity index (χ3v) is 1.96. The van der Waals surface area contributed by atoms with Gasteiger partial charge in [-0.25, -0.2) is 4.98 Å². The number of hydrogen-bond acceptors (Lipinski definition) is 6. The SMILES string of the molecule is CCNC(=O)c1noc(-c2cccc(N)n2)n1. The second kappa shape index (κ2) is 4.60. The van der Waals surface area contributed by atoms with Gasteiger partial charge in [-0.2, -0.15) is 4.98 Å². The minimum atomic E-state index is -0.383. The van der Waals surface area contributed by atoms with Crippen molar-refractivity contribution in [3.8, 4) is 11.6 Å². The molecule has 2 heterocycles. The van der Waals surface area contributed by atoms with E-state index >= 15 is 0 Å². The van der Waals surface area contributed by atoms with E-state index < -0.39 is 0 Å². The van der Waals surface area contributed by atoms with Gasteiger partial charge in [0.15, 0.2) is 0 Å². The molecule has 7 heteroatoms. The van der Waals surface area contributed by atoms with Crippen molar-refractivity contribution in [1.29, 1.82) is 0 Å². The van der Waals surface area contributed by atoms with Crippen LogP contribution in [0.15, 0.2) is 22.7 Å². The molecule has 0 bridgehead atoms. The van der Waals surface area contributed by atoms with Gasteiger partial charge in [0.25, 0.3) is 17.6 Å². The normalized spacial score (nSPS) is 10.2. The quantitative estimate of drug-likeness (QED) is 0.797. The summed E-state index contributed by atoms with van der Waals surface area (Å²) in [5.74, 6) is 0.108. The fourth-order valence-corrected chi connectivity index (χ4v) is 1.23. The summed E-state index contributed by atoms with van der Waals surface area (Å²) in [5, 5.41) is 6.13. The van der Waals surface area contributed by atoms with Crippen molar-refractivity contribution in [2.24, 2.45) is 0 Å². The van der Waals surface area contributed by atoms with Gasteiger partial charge in [-0.3, -0.25) is 4.79 Å². The molecule has 0 fully saturated rings. The van der Waals surface area contributed by atoms with Crippen molar-refractivity contribution in [1.82, 2.24) is 20.4 Å². The first kappa shape index (κ1) is 11.1. The van der Waals surface area contributed by atoms with Crippen LogP contribution in [0.25, 0.3) is 11.6 Å². The molecule has 3 N–H and O–H groups in total. The van der Waals surface area contributed by atoms with Crippen molar-refractivity contribution in [3.63, 3.8) is 0 Å². The minimum Gasteiger partial charge on any atom is -0.384 e. The standard InChI is InChI=1S/C10H11N5O2/c1-2-12-9(16)8-14-10(17-15-8)6-4-3-5-7(11)13-6/h3-5H,2H2,1H3,(H2,11,13)(H,12,16). The van der Waals surface area contributed by atoms with Crippen LogP contribution in [0.5, 0.6) is 0 Å². The van der Waals surface area contributed by atoms with Crippen LogP contribution in [0, 0.1) is 0 Å². The van der Waals surface area contributed by atoms with Crippen molar-refractivity contribution >= 4 is 11.7 Å². The van der Waals surface area contributed by atoms with Gasteiger partial charge in [0, 0.05) is 6.54 Å². The topological polar surface area (TPSA) is 107 Å². The Morgan fingerprint density at radius 3 is 3.00 bits per heavy atom. The molecule has 0 unspecified atom stereocenters. The van der Waals surface area contributed by atoms with E-state index in [1.807, 2.05) is 0 Å². The number of carbonyl (C=O) groups is 1. The minimum absolute atomic E-state index is 0.0222. The Morgan fingerprint density at radius 1 is 1.47 bits per heavy atom. The maximum Gasteiger partial charge on any atom is 0.292 e. The first-order valence-corrected chi connectivity index (χ1v) is 5.05. The lowest BCUT2D eigenvalue weighted by molar-refractivity contribution is 0.0942. The van der Waals surface area contributed by atoms with E-state index in [4.69, 9.17) is 10.3 Å². The molecule has 0 aliphatic carbocycles. The second-order valence-electron chi connectivity index (χ2n) is 3.23. The maximum absolute atomic E-state index is 11.4. The van der Waals surface area contributed by atoms with Crippen LogP contribution < -0.4 is 11.1 Å². The van der Waals surface area contributed by atoms with Crippen LogP contribution in [0.4, 0.5) is 5.82 Å². The summed E-state index contributed by atoms with van der Waals surface area (Å²) >= 11 is 0. The molecule has 17 heavy (non-hydrogen) atoms. The third-order valence-electron chi connectivity index (χ3n) is 1.96. The number of carbonyl (C=O) groups excluding carboxylic acids is 1. The van der Waals surface area contributed by atoms with E-state index in [1.54, 1.807) is 25.1 Å².